The van der Waals surface area contributed by atoms with Crippen molar-refractivity contribution in [1.29, 1.82) is 0 Å². The van der Waals surface area contributed by atoms with Gasteiger partial charge in [-0.25, -0.2) is 0 Å². The van der Waals surface area contributed by atoms with Crippen molar-refractivity contribution in [2.45, 2.75) is 24.9 Å². The predicted octanol–water partition coefficient (Wildman–Crippen LogP) is 1.73. The van der Waals surface area contributed by atoms with Gasteiger partial charge < -0.3 is 26.8 Å². The lowest BCUT2D eigenvalue weighted by Crippen LogP contribution is -2.51. The highest BCUT2D eigenvalue weighted by atomic mass is 16.2. The Hall–Kier alpha value is -3.58. The van der Waals surface area contributed by atoms with Crippen LogP contribution in [0.15, 0.2) is 60.9 Å². The number of fused-ring (bicyclic) bond motifs is 2. The fourth-order valence-corrected chi connectivity index (χ4v) is 3.65. The first-order valence-electron chi connectivity index (χ1n) is 9.48. The molecule has 4 rings (SSSR count). The Kier molecular flexibility index (Phi) is 5.05. The maximum atomic E-state index is 12.7. The average Bonchev–Trinajstić information content (AvgIpc) is 3.32. The van der Waals surface area contributed by atoms with Crippen LogP contribution < -0.4 is 16.8 Å². The fourth-order valence-electron chi connectivity index (χ4n) is 3.65. The second-order valence-electron chi connectivity index (χ2n) is 7.20. The highest BCUT2D eigenvalue weighted by Crippen LogP contribution is 2.20. The maximum absolute atomic E-state index is 12.7. The number of aromatic amines is 2. The maximum Gasteiger partial charge on any atom is 0.240 e. The molecule has 0 fully saturated rings. The van der Waals surface area contributed by atoms with E-state index >= 15 is 0 Å². The molecule has 0 spiro atoms. The van der Waals surface area contributed by atoms with Crippen LogP contribution in [0.25, 0.3) is 21.8 Å². The number of nitrogens with one attached hydrogen (secondary N) is 3. The molecule has 7 heteroatoms. The van der Waals surface area contributed by atoms with E-state index in [1.165, 1.54) is 0 Å². The van der Waals surface area contributed by atoms with Gasteiger partial charge in [0.2, 0.25) is 11.8 Å². The molecule has 0 aliphatic heterocycles. The number of H-pyrrole nitrogens is 2. The average molecular weight is 389 g/mol. The summed E-state index contributed by atoms with van der Waals surface area (Å²) >= 11 is 0. The highest BCUT2D eigenvalue weighted by Gasteiger charge is 2.24. The number of hydrogen-bond acceptors (Lipinski definition) is 3. The number of aromatic nitrogens is 2. The fraction of sp³-hybridized carbons (Fsp3) is 0.182. The van der Waals surface area contributed by atoms with E-state index < -0.39 is 23.9 Å². The molecule has 2 atom stereocenters. The van der Waals surface area contributed by atoms with Gasteiger partial charge in [-0.3, -0.25) is 9.59 Å². The van der Waals surface area contributed by atoms with Crippen molar-refractivity contribution < 1.29 is 9.59 Å². The summed E-state index contributed by atoms with van der Waals surface area (Å²) in [5.41, 5.74) is 15.5. The van der Waals surface area contributed by atoms with Gasteiger partial charge in [0.15, 0.2) is 0 Å². The zero-order valence-electron chi connectivity index (χ0n) is 15.8. The highest BCUT2D eigenvalue weighted by molar-refractivity contribution is 5.91. The Morgan fingerprint density at radius 1 is 0.862 bits per heavy atom. The summed E-state index contributed by atoms with van der Waals surface area (Å²) in [6.07, 6.45) is 4.34. The number of amides is 2. The minimum absolute atomic E-state index is 0.297. The van der Waals surface area contributed by atoms with Crippen LogP contribution >= 0.6 is 0 Å². The summed E-state index contributed by atoms with van der Waals surface area (Å²) in [6, 6.07) is 14.0. The van der Waals surface area contributed by atoms with Crippen molar-refractivity contribution in [3.63, 3.8) is 0 Å². The molecule has 7 N–H and O–H groups in total. The first kappa shape index (κ1) is 18.8. The van der Waals surface area contributed by atoms with Gasteiger partial charge in [0, 0.05) is 40.6 Å². The SMILES string of the molecule is NC(=O)[C@H](Cc1c[nH]c2ccccc12)NC(=O)C(N)Cc1c[nH]c2ccccc12. The molecular formula is C22H23N5O2. The van der Waals surface area contributed by atoms with Crippen molar-refractivity contribution >= 4 is 33.6 Å². The molecule has 2 amide bonds. The summed E-state index contributed by atoms with van der Waals surface area (Å²) in [6.45, 7) is 0. The summed E-state index contributed by atoms with van der Waals surface area (Å²) in [4.78, 5) is 30.9. The van der Waals surface area contributed by atoms with Gasteiger partial charge in [-0.2, -0.15) is 0 Å². The van der Waals surface area contributed by atoms with Crippen LogP contribution in [0.2, 0.25) is 0 Å². The third-order valence-corrected chi connectivity index (χ3v) is 5.21. The molecule has 0 aliphatic carbocycles. The molecule has 7 nitrogen and oxygen atoms in total. The van der Waals surface area contributed by atoms with Gasteiger partial charge in [0.25, 0.3) is 0 Å². The van der Waals surface area contributed by atoms with Gasteiger partial charge >= 0.3 is 0 Å². The molecule has 0 saturated carbocycles. The number of primary amides is 1. The van der Waals surface area contributed by atoms with Crippen LogP contribution in [0.5, 0.6) is 0 Å². The second-order valence-corrected chi connectivity index (χ2v) is 7.20. The molecule has 4 aromatic rings. The van der Waals surface area contributed by atoms with E-state index in [0.717, 1.165) is 32.9 Å². The molecular weight excluding hydrogens is 366 g/mol. The number of para-hydroxylation sites is 2. The van der Waals surface area contributed by atoms with Gasteiger partial charge in [0.05, 0.1) is 6.04 Å². The van der Waals surface area contributed by atoms with Crippen molar-refractivity contribution in [2.75, 3.05) is 0 Å². The molecule has 0 bridgehead atoms. The third-order valence-electron chi connectivity index (χ3n) is 5.21. The minimum Gasteiger partial charge on any atom is -0.368 e. The van der Waals surface area contributed by atoms with Crippen LogP contribution in [0.1, 0.15) is 11.1 Å². The number of hydrogen-bond donors (Lipinski definition) is 5. The predicted molar refractivity (Wildman–Crippen MR) is 113 cm³/mol. The topological polar surface area (TPSA) is 130 Å². The number of benzene rings is 2. The van der Waals surface area contributed by atoms with Crippen molar-refractivity contribution in [1.82, 2.24) is 15.3 Å². The van der Waals surface area contributed by atoms with E-state index in [2.05, 4.69) is 15.3 Å². The molecule has 29 heavy (non-hydrogen) atoms. The van der Waals surface area contributed by atoms with E-state index in [0.29, 0.717) is 12.8 Å². The van der Waals surface area contributed by atoms with Crippen LogP contribution in [0, 0.1) is 0 Å². The summed E-state index contributed by atoms with van der Waals surface area (Å²) < 4.78 is 0. The second kappa shape index (κ2) is 7.81. The molecule has 2 aromatic carbocycles. The van der Waals surface area contributed by atoms with E-state index in [1.54, 1.807) is 0 Å². The Bertz CT molecular complexity index is 1180. The minimum atomic E-state index is -0.837. The number of carbonyl (C=O) groups excluding carboxylic acids is 2. The van der Waals surface area contributed by atoms with Crippen molar-refractivity contribution in [3.8, 4) is 0 Å². The number of rotatable bonds is 7. The van der Waals surface area contributed by atoms with Crippen LogP contribution in [-0.4, -0.2) is 33.9 Å². The molecule has 0 aliphatic rings. The van der Waals surface area contributed by atoms with Crippen molar-refractivity contribution in [2.24, 2.45) is 11.5 Å². The van der Waals surface area contributed by atoms with Gasteiger partial charge in [-0.15, -0.1) is 0 Å². The summed E-state index contributed by atoms with van der Waals surface area (Å²) in [5.74, 6) is -0.998. The van der Waals surface area contributed by atoms with E-state index in [-0.39, 0.29) is 0 Å². The normalized spacial score (nSPS) is 13.4. The van der Waals surface area contributed by atoms with Crippen LogP contribution in [0.4, 0.5) is 0 Å². The standard InChI is InChI=1S/C22H23N5O2/c23-17(9-13-11-25-18-7-3-1-5-15(13)18)22(29)27-20(21(24)28)10-14-12-26-19-8-4-2-6-16(14)19/h1-8,11-12,17,20,25-26H,9-10,23H2,(H2,24,28)(H,27,29)/t17?,20-/m0/s1. The Labute approximate surface area is 167 Å². The van der Waals surface area contributed by atoms with Crippen molar-refractivity contribution in [3.05, 3.63) is 72.1 Å². The molecule has 148 valence electrons. The zero-order valence-corrected chi connectivity index (χ0v) is 15.8. The summed E-state index contributed by atoms with van der Waals surface area (Å²) in [7, 11) is 0. The third kappa shape index (κ3) is 3.86. The quantitative estimate of drug-likeness (QED) is 0.330. The molecule has 1 unspecified atom stereocenters. The van der Waals surface area contributed by atoms with E-state index in [9.17, 15) is 9.59 Å². The number of nitrogens with two attached hydrogens (primary N) is 2. The van der Waals surface area contributed by atoms with E-state index in [4.69, 9.17) is 11.5 Å². The van der Waals surface area contributed by atoms with Crippen LogP contribution in [0.3, 0.4) is 0 Å². The molecule has 2 aromatic heterocycles. The lowest BCUT2D eigenvalue weighted by atomic mass is 10.0. The van der Waals surface area contributed by atoms with Gasteiger partial charge in [-0.05, 0) is 29.7 Å². The molecule has 0 radical (unpaired) electrons. The van der Waals surface area contributed by atoms with Crippen LogP contribution in [-0.2, 0) is 22.4 Å². The van der Waals surface area contributed by atoms with Gasteiger partial charge in [0.1, 0.15) is 6.04 Å². The first-order valence-corrected chi connectivity index (χ1v) is 9.48. The molecule has 2 heterocycles. The lowest BCUT2D eigenvalue weighted by molar-refractivity contribution is -0.128. The number of carbonyl (C=O) groups is 2. The Balaban J connectivity index is 1.46. The van der Waals surface area contributed by atoms with Gasteiger partial charge in [-0.1, -0.05) is 36.4 Å². The lowest BCUT2D eigenvalue weighted by Gasteiger charge is -2.18. The first-order chi connectivity index (χ1) is 14.0. The summed E-state index contributed by atoms with van der Waals surface area (Å²) in [5, 5.41) is 4.74. The Morgan fingerprint density at radius 3 is 1.93 bits per heavy atom. The smallest absolute Gasteiger partial charge is 0.240 e. The monoisotopic (exact) mass is 389 g/mol. The van der Waals surface area contributed by atoms with E-state index in [1.807, 2.05) is 60.9 Å². The zero-order chi connectivity index (χ0) is 20.4. The molecule has 0 saturated heterocycles. The largest absolute Gasteiger partial charge is 0.368 e. The Morgan fingerprint density at radius 2 is 1.38 bits per heavy atom.